The zero-order chi connectivity index (χ0) is 26.0. The molecule has 0 aliphatic heterocycles. The van der Waals surface area contributed by atoms with Crippen LogP contribution in [0.15, 0.2) is 47.1 Å². The van der Waals surface area contributed by atoms with Gasteiger partial charge in [0.1, 0.15) is 12.0 Å². The predicted molar refractivity (Wildman–Crippen MR) is 142 cm³/mol. The van der Waals surface area contributed by atoms with Gasteiger partial charge >= 0.3 is 0 Å². The number of ketones is 1. The molecule has 0 spiro atoms. The molecule has 1 aromatic heterocycles. The van der Waals surface area contributed by atoms with Crippen LogP contribution in [0.1, 0.15) is 94.6 Å². The SMILES string of the molecule is CC(C)NCc1ccc(C(=O)CCc2coc(-c3cc(C(C)(C)C)c(O)c(C(C)(C)C)c3)n2)cc1. The summed E-state index contributed by atoms with van der Waals surface area (Å²) in [6, 6.07) is 12.1. The number of phenolic OH excluding ortho intramolecular Hbond substituents is 1. The van der Waals surface area contributed by atoms with E-state index in [1.54, 1.807) is 6.26 Å². The fraction of sp³-hybridized carbons (Fsp3) is 0.467. The Hall–Kier alpha value is -2.92. The average Bonchev–Trinajstić information content (AvgIpc) is 3.24. The number of aromatic hydroxyl groups is 1. The van der Waals surface area contributed by atoms with E-state index in [4.69, 9.17) is 4.42 Å². The van der Waals surface area contributed by atoms with Crippen molar-refractivity contribution in [1.82, 2.24) is 10.3 Å². The third-order valence-corrected chi connectivity index (χ3v) is 6.12. The number of hydrogen-bond acceptors (Lipinski definition) is 5. The second-order valence-corrected chi connectivity index (χ2v) is 11.7. The zero-order valence-electron chi connectivity index (χ0n) is 22.5. The minimum absolute atomic E-state index is 0.0904. The Kier molecular flexibility index (Phi) is 7.90. The average molecular weight is 477 g/mol. The summed E-state index contributed by atoms with van der Waals surface area (Å²) in [5.74, 6) is 0.926. The number of carbonyl (C=O) groups excluding carboxylic acids is 1. The number of carbonyl (C=O) groups is 1. The third-order valence-electron chi connectivity index (χ3n) is 6.12. The predicted octanol–water partition coefficient (Wildman–Crippen LogP) is 6.96. The molecule has 1 heterocycles. The summed E-state index contributed by atoms with van der Waals surface area (Å²) in [5.41, 5.74) is 4.71. The highest BCUT2D eigenvalue weighted by molar-refractivity contribution is 5.96. The fourth-order valence-electron chi connectivity index (χ4n) is 3.97. The summed E-state index contributed by atoms with van der Waals surface area (Å²) in [4.78, 5) is 17.4. The minimum atomic E-state index is -0.234. The second kappa shape index (κ2) is 10.4. The van der Waals surface area contributed by atoms with E-state index in [1.807, 2.05) is 36.4 Å². The Morgan fingerprint density at radius 2 is 1.57 bits per heavy atom. The van der Waals surface area contributed by atoms with Gasteiger partial charge in [-0.15, -0.1) is 0 Å². The summed E-state index contributed by atoms with van der Waals surface area (Å²) in [7, 11) is 0. The third kappa shape index (κ3) is 6.82. The number of aromatic nitrogens is 1. The van der Waals surface area contributed by atoms with Gasteiger partial charge in [-0.05, 0) is 28.5 Å². The van der Waals surface area contributed by atoms with Crippen molar-refractivity contribution in [2.24, 2.45) is 0 Å². The highest BCUT2D eigenvalue weighted by Gasteiger charge is 2.27. The molecule has 0 aliphatic carbocycles. The van der Waals surface area contributed by atoms with Gasteiger partial charge in [-0.25, -0.2) is 4.98 Å². The van der Waals surface area contributed by atoms with Crippen LogP contribution < -0.4 is 5.32 Å². The molecule has 0 amide bonds. The molecular weight excluding hydrogens is 436 g/mol. The molecule has 188 valence electrons. The van der Waals surface area contributed by atoms with Crippen molar-refractivity contribution in [2.75, 3.05) is 0 Å². The molecule has 2 N–H and O–H groups in total. The molecule has 3 aromatic rings. The molecule has 0 saturated carbocycles. The molecule has 0 saturated heterocycles. The van der Waals surface area contributed by atoms with Crippen molar-refractivity contribution >= 4 is 5.78 Å². The summed E-state index contributed by atoms with van der Waals surface area (Å²) >= 11 is 0. The lowest BCUT2D eigenvalue weighted by Crippen LogP contribution is -2.21. The highest BCUT2D eigenvalue weighted by atomic mass is 16.3. The molecule has 0 aliphatic rings. The molecule has 0 bridgehead atoms. The van der Waals surface area contributed by atoms with Gasteiger partial charge < -0.3 is 14.8 Å². The standard InChI is InChI=1S/C30H40N2O3/c1-19(2)31-17-20-9-11-21(12-10-20)26(33)14-13-23-18-35-28(32-23)22-15-24(29(3,4)5)27(34)25(16-22)30(6,7)8/h9-12,15-16,18-19,31,34H,13-14,17H2,1-8H3. The van der Waals surface area contributed by atoms with Crippen molar-refractivity contribution in [1.29, 1.82) is 0 Å². The van der Waals surface area contributed by atoms with Gasteiger partial charge in [-0.2, -0.15) is 0 Å². The van der Waals surface area contributed by atoms with Gasteiger partial charge in [0.2, 0.25) is 5.89 Å². The van der Waals surface area contributed by atoms with Crippen molar-refractivity contribution in [2.45, 2.75) is 91.6 Å². The van der Waals surface area contributed by atoms with E-state index < -0.39 is 0 Å². The van der Waals surface area contributed by atoms with E-state index in [9.17, 15) is 9.90 Å². The van der Waals surface area contributed by atoms with Crippen LogP contribution in [0, 0.1) is 0 Å². The van der Waals surface area contributed by atoms with E-state index in [0.29, 0.717) is 36.1 Å². The normalized spacial score (nSPS) is 12.4. The van der Waals surface area contributed by atoms with Gasteiger partial charge in [-0.1, -0.05) is 79.7 Å². The Morgan fingerprint density at radius 1 is 1.00 bits per heavy atom. The Morgan fingerprint density at radius 3 is 2.09 bits per heavy atom. The Balaban J connectivity index is 1.74. The van der Waals surface area contributed by atoms with Gasteiger partial charge in [0.05, 0.1) is 5.69 Å². The largest absolute Gasteiger partial charge is 0.507 e. The molecule has 0 radical (unpaired) electrons. The van der Waals surface area contributed by atoms with E-state index >= 15 is 0 Å². The molecular formula is C30H40N2O3. The minimum Gasteiger partial charge on any atom is -0.507 e. The number of oxazole rings is 1. The lowest BCUT2D eigenvalue weighted by molar-refractivity contribution is 0.0982. The monoisotopic (exact) mass is 476 g/mol. The topological polar surface area (TPSA) is 75.4 Å². The van der Waals surface area contributed by atoms with Crippen molar-refractivity contribution in [3.05, 3.63) is 70.6 Å². The van der Waals surface area contributed by atoms with Gasteiger partial charge in [0, 0.05) is 47.7 Å². The van der Waals surface area contributed by atoms with Crippen LogP contribution in [0.3, 0.4) is 0 Å². The first-order valence-corrected chi connectivity index (χ1v) is 12.4. The van der Waals surface area contributed by atoms with Gasteiger partial charge in [0.15, 0.2) is 5.78 Å². The molecule has 0 unspecified atom stereocenters. The van der Waals surface area contributed by atoms with Crippen LogP contribution in [0.2, 0.25) is 0 Å². The van der Waals surface area contributed by atoms with Gasteiger partial charge in [0.25, 0.3) is 0 Å². The van der Waals surface area contributed by atoms with Crippen LogP contribution >= 0.6 is 0 Å². The van der Waals surface area contributed by atoms with Crippen LogP contribution in [0.25, 0.3) is 11.5 Å². The maximum Gasteiger partial charge on any atom is 0.226 e. The lowest BCUT2D eigenvalue weighted by Gasteiger charge is -2.27. The first kappa shape index (κ1) is 26.7. The molecule has 3 rings (SSSR count). The lowest BCUT2D eigenvalue weighted by atomic mass is 9.78. The number of nitrogens with zero attached hydrogens (tertiary/aromatic N) is 1. The van der Waals surface area contributed by atoms with Crippen molar-refractivity contribution < 1.29 is 14.3 Å². The van der Waals surface area contributed by atoms with E-state index in [1.165, 1.54) is 0 Å². The number of phenols is 1. The number of nitrogens with one attached hydrogen (secondary N) is 1. The Bertz CT molecular complexity index is 1120. The molecule has 2 aromatic carbocycles. The molecule has 5 nitrogen and oxygen atoms in total. The summed E-state index contributed by atoms with van der Waals surface area (Å²) in [5, 5.41) is 14.4. The van der Waals surface area contributed by atoms with Crippen molar-refractivity contribution in [3.63, 3.8) is 0 Å². The first-order valence-electron chi connectivity index (χ1n) is 12.4. The number of rotatable bonds is 8. The summed E-state index contributed by atoms with van der Waals surface area (Å²) in [6.45, 7) is 17.5. The van der Waals surface area contributed by atoms with Crippen LogP contribution in [-0.4, -0.2) is 21.9 Å². The van der Waals surface area contributed by atoms with E-state index in [2.05, 4.69) is 65.7 Å². The zero-order valence-corrected chi connectivity index (χ0v) is 22.5. The highest BCUT2D eigenvalue weighted by Crippen LogP contribution is 2.41. The smallest absolute Gasteiger partial charge is 0.226 e. The van der Waals surface area contributed by atoms with Crippen LogP contribution in [0.5, 0.6) is 5.75 Å². The van der Waals surface area contributed by atoms with Crippen LogP contribution in [0.4, 0.5) is 0 Å². The Labute approximate surface area is 210 Å². The molecule has 35 heavy (non-hydrogen) atoms. The van der Waals surface area contributed by atoms with Crippen LogP contribution in [-0.2, 0) is 23.8 Å². The van der Waals surface area contributed by atoms with E-state index in [-0.39, 0.29) is 16.6 Å². The number of aryl methyl sites for hydroxylation is 1. The number of benzene rings is 2. The summed E-state index contributed by atoms with van der Waals surface area (Å²) < 4.78 is 5.81. The number of hydrogen-bond donors (Lipinski definition) is 2. The first-order chi connectivity index (χ1) is 16.3. The molecule has 5 heteroatoms. The molecule has 0 atom stereocenters. The molecule has 0 fully saturated rings. The maximum atomic E-state index is 12.7. The van der Waals surface area contributed by atoms with Gasteiger partial charge in [-0.3, -0.25) is 4.79 Å². The quantitative estimate of drug-likeness (QED) is 0.344. The summed E-state index contributed by atoms with van der Waals surface area (Å²) in [6.07, 6.45) is 2.50. The maximum absolute atomic E-state index is 12.7. The van der Waals surface area contributed by atoms with E-state index in [0.717, 1.165) is 34.5 Å². The van der Waals surface area contributed by atoms with Crippen molar-refractivity contribution in [3.8, 4) is 17.2 Å². The fourth-order valence-corrected chi connectivity index (χ4v) is 3.97. The number of Topliss-reactive ketones (excluding diaryl/α,β-unsaturated/α-hetero) is 1. The second-order valence-electron chi connectivity index (χ2n) is 11.7.